The molecule has 0 saturated carbocycles. The Labute approximate surface area is 188 Å². The Morgan fingerprint density at radius 2 is 1.88 bits per heavy atom. The highest BCUT2D eigenvalue weighted by atomic mass is 16.2. The van der Waals surface area contributed by atoms with Gasteiger partial charge in [0.25, 0.3) is 5.56 Å². The van der Waals surface area contributed by atoms with Crippen molar-refractivity contribution in [3.8, 4) is 0 Å². The number of aryl methyl sites for hydroxylation is 3. The van der Waals surface area contributed by atoms with Gasteiger partial charge in [0.15, 0.2) is 5.82 Å². The molecule has 0 bridgehead atoms. The number of urea groups is 1. The Morgan fingerprint density at radius 3 is 2.59 bits per heavy atom. The molecule has 2 amide bonds. The van der Waals surface area contributed by atoms with E-state index >= 15 is 0 Å². The molecule has 1 aliphatic rings. The molecule has 7 nitrogen and oxygen atoms in total. The molecule has 0 radical (unpaired) electrons. The summed E-state index contributed by atoms with van der Waals surface area (Å²) in [6, 6.07) is 13.6. The van der Waals surface area contributed by atoms with E-state index < -0.39 is 0 Å². The van der Waals surface area contributed by atoms with Gasteiger partial charge in [-0.3, -0.25) is 4.79 Å². The molecule has 1 fully saturated rings. The number of hydrogen-bond acceptors (Lipinski definition) is 4. The predicted octanol–water partition coefficient (Wildman–Crippen LogP) is 4.21. The second kappa shape index (κ2) is 9.42. The number of fused-ring (bicyclic) bond motifs is 1. The largest absolute Gasteiger partial charge is 0.352 e. The van der Waals surface area contributed by atoms with Crippen LogP contribution in [0.1, 0.15) is 37.3 Å². The van der Waals surface area contributed by atoms with Crippen LogP contribution in [-0.4, -0.2) is 34.7 Å². The molecule has 4 rings (SSSR count). The summed E-state index contributed by atoms with van der Waals surface area (Å²) in [5, 5.41) is 6.03. The van der Waals surface area contributed by atoms with Crippen molar-refractivity contribution in [2.75, 3.05) is 23.3 Å². The molecular weight excluding hydrogens is 402 g/mol. The van der Waals surface area contributed by atoms with E-state index in [1.54, 1.807) is 0 Å². The van der Waals surface area contributed by atoms with Gasteiger partial charge < -0.3 is 20.1 Å². The van der Waals surface area contributed by atoms with Gasteiger partial charge >= 0.3 is 6.03 Å². The van der Waals surface area contributed by atoms with E-state index in [9.17, 15) is 9.59 Å². The van der Waals surface area contributed by atoms with Crippen LogP contribution in [0.15, 0.2) is 47.3 Å². The molecule has 2 N–H and O–H groups in total. The molecule has 2 heterocycles. The minimum atomic E-state index is -0.190. The zero-order valence-electron chi connectivity index (χ0n) is 19.0. The first-order valence-electron chi connectivity index (χ1n) is 11.4. The number of carbonyl (C=O) groups excluding carboxylic acids is 1. The van der Waals surface area contributed by atoms with Crippen LogP contribution in [-0.2, 0) is 6.54 Å². The van der Waals surface area contributed by atoms with Gasteiger partial charge in [-0.05, 0) is 56.9 Å². The molecule has 3 aromatic rings. The zero-order chi connectivity index (χ0) is 22.7. The number of anilines is 2. The number of piperidine rings is 1. The minimum absolute atomic E-state index is 0.0375. The van der Waals surface area contributed by atoms with Gasteiger partial charge in [0.1, 0.15) is 0 Å². The minimum Gasteiger partial charge on any atom is -0.352 e. The van der Waals surface area contributed by atoms with Crippen molar-refractivity contribution in [2.24, 2.45) is 0 Å². The van der Waals surface area contributed by atoms with Crippen molar-refractivity contribution >= 4 is 28.6 Å². The molecule has 7 heteroatoms. The van der Waals surface area contributed by atoms with E-state index in [-0.39, 0.29) is 17.6 Å². The summed E-state index contributed by atoms with van der Waals surface area (Å²) < 4.78 is 1.83. The summed E-state index contributed by atoms with van der Waals surface area (Å²) in [5.74, 6) is 0.510. The van der Waals surface area contributed by atoms with Crippen LogP contribution in [0.2, 0.25) is 0 Å². The van der Waals surface area contributed by atoms with Crippen LogP contribution in [0.3, 0.4) is 0 Å². The fourth-order valence-electron chi connectivity index (χ4n) is 4.36. The number of nitrogens with zero attached hydrogens (tertiary/aromatic N) is 3. The Balaban J connectivity index is 1.42. The summed E-state index contributed by atoms with van der Waals surface area (Å²) in [5.41, 5.74) is 4.71. The molecule has 32 heavy (non-hydrogen) atoms. The van der Waals surface area contributed by atoms with Crippen LogP contribution < -0.4 is 21.1 Å². The molecule has 168 valence electrons. The molecule has 1 aliphatic heterocycles. The van der Waals surface area contributed by atoms with Crippen molar-refractivity contribution in [1.82, 2.24) is 14.9 Å². The highest BCUT2D eigenvalue weighted by Crippen LogP contribution is 2.20. The predicted molar refractivity (Wildman–Crippen MR) is 130 cm³/mol. The SMILES string of the molecule is CCCn1c(=O)c(N2CCC(NC(=O)Nc3ccc(C)cc3C)CC2)nc2ccccc21. The molecule has 2 aromatic carbocycles. The Morgan fingerprint density at radius 1 is 1.12 bits per heavy atom. The van der Waals surface area contributed by atoms with Gasteiger partial charge in [0.05, 0.1) is 11.0 Å². The number of aromatic nitrogens is 2. The number of amides is 2. The van der Waals surface area contributed by atoms with Crippen molar-refractivity contribution in [3.63, 3.8) is 0 Å². The maximum Gasteiger partial charge on any atom is 0.319 e. The number of hydrogen-bond donors (Lipinski definition) is 2. The highest BCUT2D eigenvalue weighted by molar-refractivity contribution is 5.90. The van der Waals surface area contributed by atoms with Gasteiger partial charge in [-0.25, -0.2) is 9.78 Å². The summed E-state index contributed by atoms with van der Waals surface area (Å²) in [7, 11) is 0. The van der Waals surface area contributed by atoms with E-state index in [2.05, 4.69) is 28.5 Å². The molecule has 0 unspecified atom stereocenters. The third-order valence-corrected chi connectivity index (χ3v) is 6.04. The van der Waals surface area contributed by atoms with E-state index in [1.807, 2.05) is 54.8 Å². The number of benzene rings is 2. The smallest absolute Gasteiger partial charge is 0.319 e. The van der Waals surface area contributed by atoms with Crippen LogP contribution >= 0.6 is 0 Å². The maximum absolute atomic E-state index is 13.2. The third kappa shape index (κ3) is 4.61. The van der Waals surface area contributed by atoms with Crippen molar-refractivity contribution < 1.29 is 4.79 Å². The second-order valence-corrected chi connectivity index (χ2v) is 8.56. The lowest BCUT2D eigenvalue weighted by atomic mass is 10.1. The number of para-hydroxylation sites is 2. The van der Waals surface area contributed by atoms with Gasteiger partial charge in [-0.1, -0.05) is 36.8 Å². The Kier molecular flexibility index (Phi) is 6.44. The zero-order valence-corrected chi connectivity index (χ0v) is 19.0. The summed E-state index contributed by atoms with van der Waals surface area (Å²) in [4.78, 5) is 32.4. The van der Waals surface area contributed by atoms with E-state index in [1.165, 1.54) is 5.56 Å². The summed E-state index contributed by atoms with van der Waals surface area (Å²) >= 11 is 0. The van der Waals surface area contributed by atoms with E-state index in [0.717, 1.165) is 41.5 Å². The Hall–Kier alpha value is -3.35. The summed E-state index contributed by atoms with van der Waals surface area (Å²) in [6.07, 6.45) is 2.42. The maximum atomic E-state index is 13.2. The Bertz CT molecular complexity index is 1180. The van der Waals surface area contributed by atoms with E-state index in [0.29, 0.717) is 25.5 Å². The van der Waals surface area contributed by atoms with Gasteiger partial charge in [0, 0.05) is 31.4 Å². The van der Waals surface area contributed by atoms with Gasteiger partial charge in [-0.15, -0.1) is 0 Å². The standard InChI is InChI=1S/C25H31N5O2/c1-4-13-30-22-8-6-5-7-21(22)27-23(24(30)31)29-14-11-19(12-15-29)26-25(32)28-20-10-9-17(2)16-18(20)3/h5-10,16,19H,4,11-15H2,1-3H3,(H2,26,28,32). The average Bonchev–Trinajstić information content (AvgIpc) is 2.78. The fraction of sp³-hybridized carbons (Fsp3) is 0.400. The molecule has 1 aromatic heterocycles. The van der Waals surface area contributed by atoms with Crippen LogP contribution in [0, 0.1) is 13.8 Å². The van der Waals surface area contributed by atoms with Crippen molar-refractivity contribution in [2.45, 2.75) is 52.6 Å². The third-order valence-electron chi connectivity index (χ3n) is 6.04. The highest BCUT2D eigenvalue weighted by Gasteiger charge is 2.24. The topological polar surface area (TPSA) is 79.3 Å². The lowest BCUT2D eigenvalue weighted by Crippen LogP contribution is -2.47. The molecule has 0 aliphatic carbocycles. The number of nitrogens with one attached hydrogen (secondary N) is 2. The van der Waals surface area contributed by atoms with Crippen LogP contribution in [0.25, 0.3) is 11.0 Å². The molecule has 0 atom stereocenters. The van der Waals surface area contributed by atoms with Gasteiger partial charge in [-0.2, -0.15) is 0 Å². The monoisotopic (exact) mass is 433 g/mol. The molecular formula is C25H31N5O2. The normalized spacial score (nSPS) is 14.5. The first-order valence-corrected chi connectivity index (χ1v) is 11.4. The first kappa shape index (κ1) is 21.9. The quantitative estimate of drug-likeness (QED) is 0.632. The van der Waals surface area contributed by atoms with Crippen LogP contribution in [0.4, 0.5) is 16.3 Å². The van der Waals surface area contributed by atoms with Crippen molar-refractivity contribution in [1.29, 1.82) is 0 Å². The second-order valence-electron chi connectivity index (χ2n) is 8.56. The average molecular weight is 434 g/mol. The first-order chi connectivity index (χ1) is 15.5. The molecule has 0 spiro atoms. The lowest BCUT2D eigenvalue weighted by Gasteiger charge is -2.33. The fourth-order valence-corrected chi connectivity index (χ4v) is 4.36. The lowest BCUT2D eigenvalue weighted by molar-refractivity contribution is 0.246. The summed E-state index contributed by atoms with van der Waals surface area (Å²) in [6.45, 7) is 8.13. The number of carbonyl (C=O) groups is 1. The molecule has 1 saturated heterocycles. The van der Waals surface area contributed by atoms with E-state index in [4.69, 9.17) is 4.98 Å². The van der Waals surface area contributed by atoms with Gasteiger partial charge in [0.2, 0.25) is 0 Å². The van der Waals surface area contributed by atoms with Crippen molar-refractivity contribution in [3.05, 3.63) is 63.9 Å². The van der Waals surface area contributed by atoms with Crippen LogP contribution in [0.5, 0.6) is 0 Å². The number of rotatable bonds is 5.